The summed E-state index contributed by atoms with van der Waals surface area (Å²) < 4.78 is 68.8. The molecule has 2 fully saturated rings. The van der Waals surface area contributed by atoms with Crippen molar-refractivity contribution in [1.82, 2.24) is 14.8 Å². The summed E-state index contributed by atoms with van der Waals surface area (Å²) >= 11 is 1.78. The van der Waals surface area contributed by atoms with Gasteiger partial charge in [-0.3, -0.25) is 9.80 Å². The van der Waals surface area contributed by atoms with E-state index in [1.54, 1.807) is 18.4 Å². The van der Waals surface area contributed by atoms with E-state index in [2.05, 4.69) is 38.4 Å². The van der Waals surface area contributed by atoms with Crippen molar-refractivity contribution in [3.05, 3.63) is 46.4 Å². The third-order valence-electron chi connectivity index (χ3n) is 6.70. The Morgan fingerprint density at radius 2 is 1.40 bits per heavy atom. The first-order valence-electron chi connectivity index (χ1n) is 12.2. The van der Waals surface area contributed by atoms with E-state index in [1.165, 1.54) is 62.4 Å². The number of thiazole rings is 1. The number of likely N-dealkylation sites (tertiary alicyclic amines) is 2. The SMILES string of the molecule is COc1cccc(CN2CCC3(CC2)CCN(Cc2nccs2)CC3)c1.O=C(O)C(F)(F)F.O=C(O)C(F)(F)F. The number of alkyl halides is 6. The molecule has 0 radical (unpaired) electrons. The molecule has 15 heteroatoms. The molecule has 2 N–H and O–H groups in total. The molecule has 3 heterocycles. The van der Waals surface area contributed by atoms with Crippen molar-refractivity contribution in [2.24, 2.45) is 5.41 Å². The number of hydrogen-bond acceptors (Lipinski definition) is 7. The van der Waals surface area contributed by atoms with E-state index in [1.807, 2.05) is 12.3 Å². The van der Waals surface area contributed by atoms with Gasteiger partial charge in [0.15, 0.2) is 0 Å². The topological polar surface area (TPSA) is 103 Å². The zero-order chi connectivity index (χ0) is 30.0. The van der Waals surface area contributed by atoms with Gasteiger partial charge in [-0.05, 0) is 75.0 Å². The summed E-state index contributed by atoms with van der Waals surface area (Å²) in [6.45, 7) is 7.00. The zero-order valence-electron chi connectivity index (χ0n) is 21.7. The molecule has 0 unspecified atom stereocenters. The Labute approximate surface area is 231 Å². The van der Waals surface area contributed by atoms with Crippen LogP contribution in [0, 0.1) is 5.41 Å². The largest absolute Gasteiger partial charge is 0.497 e. The first-order valence-corrected chi connectivity index (χ1v) is 13.1. The lowest BCUT2D eigenvalue weighted by Gasteiger charge is -2.47. The normalized spacial score (nSPS) is 17.7. The summed E-state index contributed by atoms with van der Waals surface area (Å²) in [4.78, 5) is 27.4. The van der Waals surface area contributed by atoms with Crippen molar-refractivity contribution in [1.29, 1.82) is 0 Å². The second-order valence-corrected chi connectivity index (χ2v) is 10.4. The molecule has 0 atom stereocenters. The number of rotatable bonds is 5. The molecule has 2 saturated heterocycles. The molecule has 1 spiro atoms. The average Bonchev–Trinajstić information content (AvgIpc) is 3.40. The number of piperidine rings is 2. The van der Waals surface area contributed by atoms with E-state index in [0.29, 0.717) is 5.41 Å². The number of hydrogen-bond donors (Lipinski definition) is 2. The van der Waals surface area contributed by atoms with E-state index in [0.717, 1.165) is 18.8 Å². The number of aromatic nitrogens is 1. The van der Waals surface area contributed by atoms with Crippen LogP contribution in [-0.4, -0.2) is 82.6 Å². The zero-order valence-corrected chi connectivity index (χ0v) is 22.5. The number of aliphatic carboxylic acids is 2. The van der Waals surface area contributed by atoms with Crippen molar-refractivity contribution in [3.63, 3.8) is 0 Å². The first-order chi connectivity index (χ1) is 18.6. The number of carboxylic acid groups (broad SMARTS) is 2. The molecule has 0 saturated carbocycles. The molecule has 8 nitrogen and oxygen atoms in total. The van der Waals surface area contributed by atoms with Gasteiger partial charge in [-0.25, -0.2) is 14.6 Å². The smallest absolute Gasteiger partial charge is 0.490 e. The lowest BCUT2D eigenvalue weighted by Crippen LogP contribution is -2.46. The molecule has 2 aliphatic heterocycles. The highest BCUT2D eigenvalue weighted by molar-refractivity contribution is 7.09. The summed E-state index contributed by atoms with van der Waals surface area (Å²) in [5.74, 6) is -4.55. The predicted molar refractivity (Wildman–Crippen MR) is 134 cm³/mol. The molecule has 224 valence electrons. The number of ether oxygens (including phenoxy) is 1. The fourth-order valence-electron chi connectivity index (χ4n) is 4.42. The van der Waals surface area contributed by atoms with Gasteiger partial charge in [-0.1, -0.05) is 12.1 Å². The highest BCUT2D eigenvalue weighted by Crippen LogP contribution is 2.41. The maximum atomic E-state index is 10.6. The highest BCUT2D eigenvalue weighted by atomic mass is 32.1. The second-order valence-electron chi connectivity index (χ2n) is 9.44. The third kappa shape index (κ3) is 11.3. The maximum Gasteiger partial charge on any atom is 0.490 e. The van der Waals surface area contributed by atoms with Crippen molar-refractivity contribution in [2.75, 3.05) is 33.3 Å². The molecular weight excluding hydrogens is 568 g/mol. The van der Waals surface area contributed by atoms with Gasteiger partial charge >= 0.3 is 24.3 Å². The Kier molecular flexibility index (Phi) is 12.2. The number of carboxylic acids is 2. The Hall–Kier alpha value is -2.91. The van der Waals surface area contributed by atoms with Crippen LogP contribution in [0.1, 0.15) is 36.3 Å². The van der Waals surface area contributed by atoms with Crippen LogP contribution in [0.15, 0.2) is 35.8 Å². The number of methoxy groups -OCH3 is 1. The first kappa shape index (κ1) is 33.3. The Morgan fingerprint density at radius 3 is 1.80 bits per heavy atom. The lowest BCUT2D eigenvalue weighted by molar-refractivity contribution is -0.193. The van der Waals surface area contributed by atoms with Crippen LogP contribution >= 0.6 is 11.3 Å². The van der Waals surface area contributed by atoms with Gasteiger partial charge in [0.1, 0.15) is 10.8 Å². The van der Waals surface area contributed by atoms with Crippen molar-refractivity contribution < 1.29 is 50.9 Å². The van der Waals surface area contributed by atoms with Gasteiger partial charge in [-0.15, -0.1) is 11.3 Å². The van der Waals surface area contributed by atoms with Crippen LogP contribution in [0.2, 0.25) is 0 Å². The van der Waals surface area contributed by atoms with Crippen LogP contribution in [0.4, 0.5) is 26.3 Å². The Bertz CT molecular complexity index is 1040. The number of benzene rings is 1. The van der Waals surface area contributed by atoms with Crippen LogP contribution < -0.4 is 4.74 Å². The maximum absolute atomic E-state index is 10.6. The van der Waals surface area contributed by atoms with E-state index in [9.17, 15) is 26.3 Å². The third-order valence-corrected chi connectivity index (χ3v) is 7.47. The minimum atomic E-state index is -5.08. The molecule has 0 amide bonds. The van der Waals surface area contributed by atoms with Gasteiger partial charge in [0.05, 0.1) is 13.7 Å². The number of nitrogens with zero attached hydrogens (tertiary/aromatic N) is 3. The summed E-state index contributed by atoms with van der Waals surface area (Å²) in [6.07, 6.45) is -2.84. The molecule has 0 bridgehead atoms. The minimum Gasteiger partial charge on any atom is -0.497 e. The summed E-state index contributed by atoms with van der Waals surface area (Å²) in [5.41, 5.74) is 1.95. The van der Waals surface area contributed by atoms with E-state index >= 15 is 0 Å². The molecule has 1 aromatic carbocycles. The standard InChI is InChI=1S/C21H29N3OS.2C2HF3O2/c1-25-19-4-2-3-18(15-19)16-23-10-5-21(6-11-23)7-12-24(13-8-21)17-20-22-9-14-26-20;2*3-2(4,5)1(6)7/h2-4,9,14-15H,5-8,10-13,16-17H2,1H3;2*(H,6,7). The van der Waals surface area contributed by atoms with Crippen molar-refractivity contribution >= 4 is 23.3 Å². The van der Waals surface area contributed by atoms with Crippen LogP contribution in [0.25, 0.3) is 0 Å². The van der Waals surface area contributed by atoms with Crippen molar-refractivity contribution in [3.8, 4) is 5.75 Å². The van der Waals surface area contributed by atoms with E-state index in [-0.39, 0.29) is 0 Å². The monoisotopic (exact) mass is 599 g/mol. The van der Waals surface area contributed by atoms with E-state index in [4.69, 9.17) is 24.5 Å². The molecule has 0 aliphatic carbocycles. The van der Waals surface area contributed by atoms with Gasteiger partial charge in [0.25, 0.3) is 0 Å². The predicted octanol–water partition coefficient (Wildman–Crippen LogP) is 5.30. The molecule has 2 aromatic rings. The van der Waals surface area contributed by atoms with Gasteiger partial charge in [0.2, 0.25) is 0 Å². The summed E-state index contributed by atoms with van der Waals surface area (Å²) in [7, 11) is 1.74. The average molecular weight is 600 g/mol. The minimum absolute atomic E-state index is 0.588. The molecule has 40 heavy (non-hydrogen) atoms. The Morgan fingerprint density at radius 1 is 0.925 bits per heavy atom. The lowest BCUT2D eigenvalue weighted by atomic mass is 9.71. The van der Waals surface area contributed by atoms with Crippen LogP contribution in [0.5, 0.6) is 5.75 Å². The van der Waals surface area contributed by atoms with Gasteiger partial charge in [-0.2, -0.15) is 26.3 Å². The quantitative estimate of drug-likeness (QED) is 0.447. The van der Waals surface area contributed by atoms with Gasteiger partial charge in [0, 0.05) is 18.1 Å². The van der Waals surface area contributed by atoms with Crippen molar-refractivity contribution in [2.45, 2.75) is 51.1 Å². The molecule has 1 aromatic heterocycles. The highest BCUT2D eigenvalue weighted by Gasteiger charge is 2.39. The van der Waals surface area contributed by atoms with Crippen LogP contribution in [0.3, 0.4) is 0 Å². The van der Waals surface area contributed by atoms with Gasteiger partial charge < -0.3 is 14.9 Å². The molecule has 4 rings (SSSR count). The summed E-state index contributed by atoms with van der Waals surface area (Å²) in [5, 5.41) is 17.6. The van der Waals surface area contributed by atoms with E-state index < -0.39 is 24.3 Å². The molecule has 2 aliphatic rings. The number of halogens is 6. The van der Waals surface area contributed by atoms with Crippen LogP contribution in [-0.2, 0) is 22.7 Å². The molecular formula is C25H31F6N3O5S. The second kappa shape index (κ2) is 14.6. The summed E-state index contributed by atoms with van der Waals surface area (Å²) in [6, 6.07) is 8.50. The Balaban J connectivity index is 0.000000333. The fourth-order valence-corrected chi connectivity index (χ4v) is 5.08. The number of carbonyl (C=O) groups is 2. The fraction of sp³-hybridized carbons (Fsp3) is 0.560.